The third-order valence-corrected chi connectivity index (χ3v) is 5.11. The van der Waals surface area contributed by atoms with Crippen LogP contribution in [0.4, 0.5) is 0 Å². The number of aromatic nitrogens is 3. The van der Waals surface area contributed by atoms with E-state index in [1.165, 1.54) is 60.5 Å². The monoisotopic (exact) mass is 425 g/mol. The molecule has 3 nitrogen and oxygen atoms in total. The molecule has 0 aliphatic carbocycles. The van der Waals surface area contributed by atoms with Crippen LogP contribution in [0.3, 0.4) is 0 Å². The van der Waals surface area contributed by atoms with Crippen LogP contribution in [0.2, 0.25) is 0 Å². The van der Waals surface area contributed by atoms with Gasteiger partial charge < -0.3 is 4.57 Å². The molecular formula is C19H28IN3. The molecule has 1 unspecified atom stereocenters. The van der Waals surface area contributed by atoms with E-state index in [1.54, 1.807) is 0 Å². The van der Waals surface area contributed by atoms with Gasteiger partial charge in [0.25, 0.3) is 0 Å². The van der Waals surface area contributed by atoms with Crippen LogP contribution in [-0.4, -0.2) is 14.8 Å². The lowest BCUT2D eigenvalue weighted by atomic mass is 9.92. The third-order valence-electron chi connectivity index (χ3n) is 4.40. The van der Waals surface area contributed by atoms with Gasteiger partial charge in [-0.1, -0.05) is 64.0 Å². The maximum absolute atomic E-state index is 3.93. The lowest BCUT2D eigenvalue weighted by Gasteiger charge is -2.18. The van der Waals surface area contributed by atoms with E-state index in [-0.39, 0.29) is 0 Å². The largest absolute Gasteiger partial charge is 0.320 e. The molecule has 4 heteroatoms. The van der Waals surface area contributed by atoms with Crippen LogP contribution in [-0.2, 0) is 6.54 Å². The van der Waals surface area contributed by atoms with Gasteiger partial charge in [0.05, 0.1) is 0 Å². The van der Waals surface area contributed by atoms with E-state index in [9.17, 15) is 0 Å². The summed E-state index contributed by atoms with van der Waals surface area (Å²) in [5.74, 6) is 0.554. The van der Waals surface area contributed by atoms with Gasteiger partial charge in [-0.2, -0.15) is 0 Å². The normalized spacial score (nSPS) is 12.4. The maximum Gasteiger partial charge on any atom is 0.119 e. The fraction of sp³-hybridized carbons (Fsp3) is 0.579. The standard InChI is InChI=1S/C19H28IN3/c1-2-3-4-5-6-7-8-9-18(14-23-15-21-22-16-23)17-10-12-19(20)13-11-17/h10-13,15-16,18H,2-9,14H2,1H3. The molecule has 0 bridgehead atoms. The molecule has 0 N–H and O–H groups in total. The van der Waals surface area contributed by atoms with Gasteiger partial charge >= 0.3 is 0 Å². The molecule has 1 atom stereocenters. The lowest BCUT2D eigenvalue weighted by Crippen LogP contribution is -2.08. The second-order valence-corrected chi connectivity index (χ2v) is 7.56. The van der Waals surface area contributed by atoms with Crippen LogP contribution >= 0.6 is 22.6 Å². The minimum Gasteiger partial charge on any atom is -0.320 e. The number of halogens is 1. The lowest BCUT2D eigenvalue weighted by molar-refractivity contribution is 0.484. The first-order chi connectivity index (χ1) is 11.3. The van der Waals surface area contributed by atoms with E-state index < -0.39 is 0 Å². The number of nitrogens with zero attached hydrogens (tertiary/aromatic N) is 3. The summed E-state index contributed by atoms with van der Waals surface area (Å²) in [6.45, 7) is 3.25. The summed E-state index contributed by atoms with van der Waals surface area (Å²) in [4.78, 5) is 0. The first-order valence-electron chi connectivity index (χ1n) is 8.87. The van der Waals surface area contributed by atoms with E-state index in [0.717, 1.165) is 6.54 Å². The average Bonchev–Trinajstić information content (AvgIpc) is 3.07. The number of benzene rings is 1. The highest BCUT2D eigenvalue weighted by atomic mass is 127. The third kappa shape index (κ3) is 7.02. The molecule has 0 aliphatic heterocycles. The van der Waals surface area contributed by atoms with Crippen LogP contribution in [0, 0.1) is 3.57 Å². The second kappa shape index (κ2) is 10.8. The average molecular weight is 425 g/mol. The Morgan fingerprint density at radius 3 is 2.17 bits per heavy atom. The van der Waals surface area contributed by atoms with Crippen molar-refractivity contribution in [2.45, 2.75) is 70.8 Å². The Morgan fingerprint density at radius 2 is 1.52 bits per heavy atom. The van der Waals surface area contributed by atoms with Gasteiger partial charge in [0.1, 0.15) is 12.7 Å². The molecule has 126 valence electrons. The molecule has 0 amide bonds. The predicted molar refractivity (Wildman–Crippen MR) is 105 cm³/mol. The fourth-order valence-electron chi connectivity index (χ4n) is 3.02. The van der Waals surface area contributed by atoms with Crippen molar-refractivity contribution >= 4 is 22.6 Å². The van der Waals surface area contributed by atoms with Crippen LogP contribution in [0.25, 0.3) is 0 Å². The van der Waals surface area contributed by atoms with E-state index in [1.807, 2.05) is 12.7 Å². The molecule has 2 rings (SSSR count). The van der Waals surface area contributed by atoms with Crippen molar-refractivity contribution in [1.29, 1.82) is 0 Å². The Kier molecular flexibility index (Phi) is 8.64. The van der Waals surface area contributed by atoms with E-state index >= 15 is 0 Å². The van der Waals surface area contributed by atoms with Crippen molar-refractivity contribution in [3.05, 3.63) is 46.1 Å². The smallest absolute Gasteiger partial charge is 0.119 e. The minimum absolute atomic E-state index is 0.554. The SMILES string of the molecule is CCCCCCCCCC(Cn1cnnc1)c1ccc(I)cc1. The molecule has 0 fully saturated rings. The zero-order valence-corrected chi connectivity index (χ0v) is 16.3. The molecule has 0 aliphatic rings. The Balaban J connectivity index is 1.83. The topological polar surface area (TPSA) is 30.7 Å². The Bertz CT molecular complexity index is 522. The van der Waals surface area contributed by atoms with Crippen molar-refractivity contribution in [2.24, 2.45) is 0 Å². The van der Waals surface area contributed by atoms with E-state index in [2.05, 4.69) is 68.5 Å². The number of unbranched alkanes of at least 4 members (excludes halogenated alkanes) is 6. The zero-order valence-electron chi connectivity index (χ0n) is 14.1. The Labute approximate surface area is 154 Å². The number of hydrogen-bond acceptors (Lipinski definition) is 2. The van der Waals surface area contributed by atoms with Crippen LogP contribution in [0.15, 0.2) is 36.9 Å². The van der Waals surface area contributed by atoms with E-state index in [4.69, 9.17) is 0 Å². The van der Waals surface area contributed by atoms with Crippen LogP contribution < -0.4 is 0 Å². The van der Waals surface area contributed by atoms with Gasteiger partial charge in [-0.25, -0.2) is 0 Å². The molecular weight excluding hydrogens is 397 g/mol. The molecule has 0 saturated carbocycles. The van der Waals surface area contributed by atoms with Gasteiger partial charge in [0, 0.05) is 16.0 Å². The Hall–Kier alpha value is -0.910. The summed E-state index contributed by atoms with van der Waals surface area (Å²) >= 11 is 2.37. The maximum atomic E-state index is 3.93. The number of hydrogen-bond donors (Lipinski definition) is 0. The summed E-state index contributed by atoms with van der Waals surface area (Å²) in [5, 5.41) is 7.87. The quantitative estimate of drug-likeness (QED) is 0.336. The number of rotatable bonds is 11. The summed E-state index contributed by atoms with van der Waals surface area (Å²) in [5.41, 5.74) is 1.44. The summed E-state index contributed by atoms with van der Waals surface area (Å²) in [6.07, 6.45) is 14.4. The molecule has 0 spiro atoms. The zero-order chi connectivity index (χ0) is 16.3. The summed E-state index contributed by atoms with van der Waals surface area (Å²) in [6, 6.07) is 8.97. The van der Waals surface area contributed by atoms with Gasteiger partial charge in [-0.05, 0) is 46.7 Å². The van der Waals surface area contributed by atoms with Crippen molar-refractivity contribution < 1.29 is 0 Å². The van der Waals surface area contributed by atoms with Crippen molar-refractivity contribution in [3.63, 3.8) is 0 Å². The summed E-state index contributed by atoms with van der Waals surface area (Å²) < 4.78 is 3.40. The van der Waals surface area contributed by atoms with Gasteiger partial charge in [-0.3, -0.25) is 0 Å². The summed E-state index contributed by atoms with van der Waals surface area (Å²) in [7, 11) is 0. The van der Waals surface area contributed by atoms with Crippen molar-refractivity contribution in [2.75, 3.05) is 0 Å². The molecule has 1 aromatic carbocycles. The highest BCUT2D eigenvalue weighted by molar-refractivity contribution is 14.1. The van der Waals surface area contributed by atoms with Crippen LogP contribution in [0.5, 0.6) is 0 Å². The van der Waals surface area contributed by atoms with Gasteiger partial charge in [-0.15, -0.1) is 10.2 Å². The fourth-order valence-corrected chi connectivity index (χ4v) is 3.38. The molecule has 1 aromatic heterocycles. The highest BCUT2D eigenvalue weighted by Crippen LogP contribution is 2.25. The minimum atomic E-state index is 0.554. The molecule has 1 heterocycles. The highest BCUT2D eigenvalue weighted by Gasteiger charge is 2.12. The molecule has 0 radical (unpaired) electrons. The first-order valence-corrected chi connectivity index (χ1v) is 9.95. The Morgan fingerprint density at radius 1 is 0.913 bits per heavy atom. The molecule has 2 aromatic rings. The van der Waals surface area contributed by atoms with Crippen molar-refractivity contribution in [1.82, 2.24) is 14.8 Å². The van der Waals surface area contributed by atoms with Gasteiger partial charge in [0.15, 0.2) is 0 Å². The molecule has 23 heavy (non-hydrogen) atoms. The van der Waals surface area contributed by atoms with Crippen LogP contribution in [0.1, 0.15) is 69.8 Å². The molecule has 0 saturated heterocycles. The van der Waals surface area contributed by atoms with Gasteiger partial charge in [0.2, 0.25) is 0 Å². The first kappa shape index (κ1) is 18.4. The predicted octanol–water partition coefficient (Wildman–Crippen LogP) is 5.81. The second-order valence-electron chi connectivity index (χ2n) is 6.32. The van der Waals surface area contributed by atoms with Crippen molar-refractivity contribution in [3.8, 4) is 0 Å². The van der Waals surface area contributed by atoms with E-state index in [0.29, 0.717) is 5.92 Å².